The maximum Gasteiger partial charge on any atom is 0.137 e. The van der Waals surface area contributed by atoms with Crippen LogP contribution in [0.2, 0.25) is 0 Å². The van der Waals surface area contributed by atoms with Gasteiger partial charge < -0.3 is 18.3 Å². The van der Waals surface area contributed by atoms with Gasteiger partial charge in [-0.15, -0.1) is 0 Å². The molecule has 0 aliphatic carbocycles. The van der Waals surface area contributed by atoms with Crippen LogP contribution in [0.15, 0.2) is 155 Å². The van der Waals surface area contributed by atoms with E-state index in [1.807, 2.05) is 72.6 Å². The molecular formula is C54H36N4O2. The number of hydrogen-bond acceptors (Lipinski definition) is 5. The Balaban J connectivity index is 1.08. The lowest BCUT2D eigenvalue weighted by atomic mass is 9.96. The molecule has 11 aromatic rings. The molecule has 0 N–H and O–H groups in total. The average molecular weight is 773 g/mol. The van der Waals surface area contributed by atoms with Crippen molar-refractivity contribution in [2.45, 2.75) is 19.8 Å². The molecule has 0 aliphatic rings. The Kier molecular flexibility index (Phi) is 7.92. The Morgan fingerprint density at radius 1 is 0.617 bits per heavy atom. The number of hydrogen-bond donors (Lipinski definition) is 0. The molecule has 0 saturated carbocycles. The van der Waals surface area contributed by atoms with E-state index in [2.05, 4.69) is 115 Å². The SMILES string of the molecule is C=Cc1ccc2oc3cc4c(cc3c2c1CCC)c1ccccc1n4-c1cc(C#N)c(N(C)c2ccccc2-c2ccc3oc4ccc5ccccc5c4c3c2)cc1C#N. The second kappa shape index (κ2) is 13.5. The monoisotopic (exact) mass is 772 g/mol. The first-order valence-electron chi connectivity index (χ1n) is 20.2. The van der Waals surface area contributed by atoms with Crippen LogP contribution in [0.3, 0.4) is 0 Å². The molecule has 6 nitrogen and oxygen atoms in total. The molecule has 284 valence electrons. The Bertz CT molecular complexity index is 3700. The number of nitriles is 2. The number of fused-ring (bicyclic) bond motifs is 11. The number of aryl methyl sites for hydroxylation is 1. The first kappa shape index (κ1) is 35.1. The molecule has 0 saturated heterocycles. The molecule has 0 atom stereocenters. The summed E-state index contributed by atoms with van der Waals surface area (Å²) in [5.41, 5.74) is 12.5. The fraction of sp³-hybridized carbons (Fsp3) is 0.0741. The topological polar surface area (TPSA) is 82.0 Å². The minimum absolute atomic E-state index is 0.444. The van der Waals surface area contributed by atoms with E-state index in [4.69, 9.17) is 8.83 Å². The highest BCUT2D eigenvalue weighted by molar-refractivity contribution is 6.20. The van der Waals surface area contributed by atoms with Crippen molar-refractivity contribution in [3.8, 4) is 29.0 Å². The molecule has 0 radical (unpaired) electrons. The number of furan rings is 2. The lowest BCUT2D eigenvalue weighted by molar-refractivity contribution is 0.668. The molecule has 0 amide bonds. The summed E-state index contributed by atoms with van der Waals surface area (Å²) in [6.07, 6.45) is 3.83. The van der Waals surface area contributed by atoms with E-state index in [0.29, 0.717) is 22.5 Å². The second-order valence-corrected chi connectivity index (χ2v) is 15.4. The summed E-state index contributed by atoms with van der Waals surface area (Å²) in [4.78, 5) is 2.01. The van der Waals surface area contributed by atoms with Crippen molar-refractivity contribution in [2.24, 2.45) is 0 Å². The van der Waals surface area contributed by atoms with Crippen molar-refractivity contribution in [1.29, 1.82) is 10.5 Å². The van der Waals surface area contributed by atoms with E-state index in [0.717, 1.165) is 112 Å². The summed E-state index contributed by atoms with van der Waals surface area (Å²) >= 11 is 0. The van der Waals surface area contributed by atoms with Gasteiger partial charge in [-0.05, 0) is 88.5 Å². The van der Waals surface area contributed by atoms with Gasteiger partial charge in [0.25, 0.3) is 0 Å². The van der Waals surface area contributed by atoms with E-state index in [9.17, 15) is 10.5 Å². The quantitative estimate of drug-likeness (QED) is 0.161. The van der Waals surface area contributed by atoms with Crippen LogP contribution in [-0.4, -0.2) is 11.6 Å². The third kappa shape index (κ3) is 5.11. The lowest BCUT2D eigenvalue weighted by Crippen LogP contribution is -2.13. The van der Waals surface area contributed by atoms with Gasteiger partial charge in [-0.25, -0.2) is 0 Å². The van der Waals surface area contributed by atoms with E-state index >= 15 is 0 Å². The van der Waals surface area contributed by atoms with Crippen molar-refractivity contribution in [3.63, 3.8) is 0 Å². The molecular weight excluding hydrogens is 737 g/mol. The standard InChI is InChI=1S/C54H36N4O2/c1-4-12-38-32(5-2)19-23-51-53(38)43-28-41-40-16-9-11-18-45(40)58(48(41)29-52(43)60-51)47-27-35(30-55)46(26-36(47)31-56)57(3)44-17-10-8-14-37(44)34-21-22-49-42(25-34)54-39-15-7-6-13-33(39)20-24-50(54)59-49/h5-11,13-29H,2,4,12H2,1,3H3. The number of anilines is 2. The summed E-state index contributed by atoms with van der Waals surface area (Å²) in [5, 5.41) is 30.4. The van der Waals surface area contributed by atoms with Crippen LogP contribution in [0.5, 0.6) is 0 Å². The molecule has 8 aromatic carbocycles. The number of aromatic nitrogens is 1. The molecule has 0 aliphatic heterocycles. The summed E-state index contributed by atoms with van der Waals surface area (Å²) in [6, 6.07) is 52.3. The van der Waals surface area contributed by atoms with Crippen molar-refractivity contribution in [3.05, 3.63) is 168 Å². The van der Waals surface area contributed by atoms with Crippen molar-refractivity contribution in [2.75, 3.05) is 11.9 Å². The van der Waals surface area contributed by atoms with E-state index < -0.39 is 0 Å². The summed E-state index contributed by atoms with van der Waals surface area (Å²) in [6.45, 7) is 6.28. The number of para-hydroxylation sites is 2. The average Bonchev–Trinajstić information content (AvgIpc) is 3.96. The maximum atomic E-state index is 10.9. The Morgan fingerprint density at radius 2 is 1.33 bits per heavy atom. The van der Waals surface area contributed by atoms with Crippen molar-refractivity contribution in [1.82, 2.24) is 4.57 Å². The van der Waals surface area contributed by atoms with Gasteiger partial charge in [0, 0.05) is 56.7 Å². The highest BCUT2D eigenvalue weighted by Gasteiger charge is 2.23. The number of rotatable bonds is 7. The van der Waals surface area contributed by atoms with Gasteiger partial charge in [-0.1, -0.05) is 105 Å². The Hall–Kier alpha value is -8.06. The minimum Gasteiger partial charge on any atom is -0.456 e. The zero-order chi connectivity index (χ0) is 40.6. The predicted octanol–water partition coefficient (Wildman–Crippen LogP) is 14.5. The van der Waals surface area contributed by atoms with Crippen molar-refractivity contribution >= 4 is 93.9 Å². The van der Waals surface area contributed by atoms with Gasteiger partial charge in [0.2, 0.25) is 0 Å². The number of nitrogens with zero attached hydrogens (tertiary/aromatic N) is 4. The van der Waals surface area contributed by atoms with Crippen LogP contribution in [0, 0.1) is 22.7 Å². The molecule has 0 unspecified atom stereocenters. The fourth-order valence-corrected chi connectivity index (χ4v) is 9.46. The molecule has 3 heterocycles. The van der Waals surface area contributed by atoms with Gasteiger partial charge in [0.1, 0.15) is 34.5 Å². The zero-order valence-corrected chi connectivity index (χ0v) is 33.1. The zero-order valence-electron chi connectivity index (χ0n) is 33.1. The molecule has 60 heavy (non-hydrogen) atoms. The molecule has 6 heteroatoms. The van der Waals surface area contributed by atoms with Gasteiger partial charge in [-0.3, -0.25) is 0 Å². The van der Waals surface area contributed by atoms with Crippen LogP contribution in [0.25, 0.3) is 99.3 Å². The summed E-state index contributed by atoms with van der Waals surface area (Å²) < 4.78 is 15.0. The van der Waals surface area contributed by atoms with Crippen molar-refractivity contribution < 1.29 is 8.83 Å². The van der Waals surface area contributed by atoms with E-state index in [1.54, 1.807) is 0 Å². The molecule has 0 spiro atoms. The maximum absolute atomic E-state index is 10.9. The summed E-state index contributed by atoms with van der Waals surface area (Å²) in [7, 11) is 1.96. The third-order valence-electron chi connectivity index (χ3n) is 12.2. The molecule has 11 rings (SSSR count). The summed E-state index contributed by atoms with van der Waals surface area (Å²) in [5.74, 6) is 0. The normalized spacial score (nSPS) is 11.7. The molecule has 0 fully saturated rings. The van der Waals surface area contributed by atoms with Crippen LogP contribution in [-0.2, 0) is 6.42 Å². The lowest BCUT2D eigenvalue weighted by Gasteiger charge is -2.25. The van der Waals surface area contributed by atoms with Crippen LogP contribution < -0.4 is 4.90 Å². The van der Waals surface area contributed by atoms with E-state index in [1.165, 1.54) is 5.56 Å². The van der Waals surface area contributed by atoms with Gasteiger partial charge in [-0.2, -0.15) is 10.5 Å². The molecule has 3 aromatic heterocycles. The van der Waals surface area contributed by atoms with Crippen LogP contribution in [0.4, 0.5) is 11.4 Å². The minimum atomic E-state index is 0.444. The first-order chi connectivity index (χ1) is 29.5. The number of benzene rings is 8. The van der Waals surface area contributed by atoms with Gasteiger partial charge in [0.05, 0.1) is 33.5 Å². The van der Waals surface area contributed by atoms with Gasteiger partial charge >= 0.3 is 0 Å². The van der Waals surface area contributed by atoms with E-state index in [-0.39, 0.29) is 0 Å². The smallest absolute Gasteiger partial charge is 0.137 e. The second-order valence-electron chi connectivity index (χ2n) is 15.4. The largest absolute Gasteiger partial charge is 0.456 e. The Morgan fingerprint density at radius 3 is 2.17 bits per heavy atom. The highest BCUT2D eigenvalue weighted by Crippen LogP contribution is 2.44. The predicted molar refractivity (Wildman–Crippen MR) is 246 cm³/mol. The first-order valence-corrected chi connectivity index (χ1v) is 20.2. The third-order valence-corrected chi connectivity index (χ3v) is 12.2. The molecule has 0 bridgehead atoms. The van der Waals surface area contributed by atoms with Crippen LogP contribution in [0.1, 0.15) is 35.6 Å². The Labute approximate surface area is 345 Å². The van der Waals surface area contributed by atoms with Gasteiger partial charge in [0.15, 0.2) is 0 Å². The highest BCUT2D eigenvalue weighted by atomic mass is 16.3. The van der Waals surface area contributed by atoms with Crippen LogP contribution >= 0.6 is 0 Å². The fourth-order valence-electron chi connectivity index (χ4n) is 9.46.